The summed E-state index contributed by atoms with van der Waals surface area (Å²) in [5, 5.41) is 2.86. The lowest BCUT2D eigenvalue weighted by atomic mass is 10.1. The molecule has 2 nitrogen and oxygen atoms in total. The van der Waals surface area contributed by atoms with Gasteiger partial charge < -0.3 is 5.32 Å². The third kappa shape index (κ3) is 2.81. The van der Waals surface area contributed by atoms with Crippen molar-refractivity contribution in [2.45, 2.75) is 12.8 Å². The molecule has 2 rings (SSSR count). The maximum absolute atomic E-state index is 11.6. The molecule has 1 aliphatic carbocycles. The molecule has 1 aliphatic rings. The maximum atomic E-state index is 11.6. The van der Waals surface area contributed by atoms with Gasteiger partial charge in [-0.1, -0.05) is 42.5 Å². The first-order valence-electron chi connectivity index (χ1n) is 5.05. The van der Waals surface area contributed by atoms with Crippen molar-refractivity contribution in [3.05, 3.63) is 59.8 Å². The molecule has 0 unspecified atom stereocenters. The molecule has 0 saturated carbocycles. The van der Waals surface area contributed by atoms with Crippen molar-refractivity contribution in [2.24, 2.45) is 0 Å². The summed E-state index contributed by atoms with van der Waals surface area (Å²) in [7, 11) is 0. The fraction of sp³-hybridized carbons (Fsp3) is 0.154. The third-order valence-electron chi connectivity index (χ3n) is 2.26. The highest BCUT2D eigenvalue weighted by molar-refractivity contribution is 5.80. The van der Waals surface area contributed by atoms with Crippen LogP contribution in [0.1, 0.15) is 12.0 Å². The Morgan fingerprint density at radius 1 is 1.27 bits per heavy atom. The molecule has 1 amide bonds. The Hall–Kier alpha value is -1.83. The lowest BCUT2D eigenvalue weighted by molar-refractivity contribution is -0.119. The van der Waals surface area contributed by atoms with Gasteiger partial charge in [0.15, 0.2) is 0 Å². The molecule has 0 radical (unpaired) electrons. The van der Waals surface area contributed by atoms with E-state index in [4.69, 9.17) is 0 Å². The molecule has 0 fully saturated rings. The van der Waals surface area contributed by atoms with Crippen LogP contribution in [0.25, 0.3) is 0 Å². The molecule has 0 spiro atoms. The summed E-state index contributed by atoms with van der Waals surface area (Å²) in [5.74, 6) is 0.0407. The first-order valence-corrected chi connectivity index (χ1v) is 5.05. The van der Waals surface area contributed by atoms with Crippen LogP contribution in [0.4, 0.5) is 0 Å². The Kier molecular flexibility index (Phi) is 2.98. The average Bonchev–Trinajstić information content (AvgIpc) is 2.71. The molecule has 0 aliphatic heterocycles. The summed E-state index contributed by atoms with van der Waals surface area (Å²) in [6, 6.07) is 9.75. The standard InChI is InChI=1S/C13H13NO/c15-13(14-12-8-4-5-9-12)10-11-6-2-1-3-7-11/h1-4,6-9H,5,10H2,(H,14,15). The van der Waals surface area contributed by atoms with E-state index in [-0.39, 0.29) is 5.91 Å². The van der Waals surface area contributed by atoms with E-state index in [1.54, 1.807) is 0 Å². The second-order valence-electron chi connectivity index (χ2n) is 3.51. The zero-order valence-corrected chi connectivity index (χ0v) is 8.44. The van der Waals surface area contributed by atoms with E-state index in [0.29, 0.717) is 6.42 Å². The Morgan fingerprint density at radius 3 is 2.73 bits per heavy atom. The topological polar surface area (TPSA) is 29.1 Å². The number of nitrogens with one attached hydrogen (secondary N) is 1. The van der Waals surface area contributed by atoms with Gasteiger partial charge >= 0.3 is 0 Å². The van der Waals surface area contributed by atoms with E-state index >= 15 is 0 Å². The second-order valence-corrected chi connectivity index (χ2v) is 3.51. The Labute approximate surface area is 89.3 Å². The summed E-state index contributed by atoms with van der Waals surface area (Å²) in [5.41, 5.74) is 1.95. The summed E-state index contributed by atoms with van der Waals surface area (Å²) >= 11 is 0. The summed E-state index contributed by atoms with van der Waals surface area (Å²) in [4.78, 5) is 11.6. The lowest BCUT2D eigenvalue weighted by Crippen LogP contribution is -2.23. The first kappa shape index (κ1) is 9.71. The maximum Gasteiger partial charge on any atom is 0.228 e. The SMILES string of the molecule is O=C(Cc1ccccc1)NC1=CCC=C1. The van der Waals surface area contributed by atoms with Crippen LogP contribution in [0.2, 0.25) is 0 Å². The molecule has 0 saturated heterocycles. The van der Waals surface area contributed by atoms with Gasteiger partial charge in [0, 0.05) is 5.70 Å². The number of rotatable bonds is 3. The summed E-state index contributed by atoms with van der Waals surface area (Å²) < 4.78 is 0. The smallest absolute Gasteiger partial charge is 0.228 e. The average molecular weight is 199 g/mol. The predicted octanol–water partition coefficient (Wildman–Crippen LogP) is 2.19. The normalized spacial score (nSPS) is 13.7. The van der Waals surface area contributed by atoms with Crippen LogP contribution in [0.5, 0.6) is 0 Å². The van der Waals surface area contributed by atoms with Crippen LogP contribution in [-0.4, -0.2) is 5.91 Å². The van der Waals surface area contributed by atoms with Crippen molar-refractivity contribution in [1.82, 2.24) is 5.32 Å². The molecular formula is C13H13NO. The fourth-order valence-corrected chi connectivity index (χ4v) is 1.54. The van der Waals surface area contributed by atoms with Crippen molar-refractivity contribution in [2.75, 3.05) is 0 Å². The van der Waals surface area contributed by atoms with Gasteiger partial charge in [-0.25, -0.2) is 0 Å². The summed E-state index contributed by atoms with van der Waals surface area (Å²) in [6.45, 7) is 0. The largest absolute Gasteiger partial charge is 0.326 e. The van der Waals surface area contributed by atoms with E-state index in [9.17, 15) is 4.79 Å². The highest BCUT2D eigenvalue weighted by atomic mass is 16.1. The van der Waals surface area contributed by atoms with Gasteiger partial charge in [-0.2, -0.15) is 0 Å². The zero-order valence-electron chi connectivity index (χ0n) is 8.44. The Bertz CT molecular complexity index is 404. The van der Waals surface area contributed by atoms with Crippen LogP contribution in [0.3, 0.4) is 0 Å². The van der Waals surface area contributed by atoms with Crippen LogP contribution < -0.4 is 5.32 Å². The molecule has 76 valence electrons. The zero-order chi connectivity index (χ0) is 10.5. The quantitative estimate of drug-likeness (QED) is 0.794. The minimum absolute atomic E-state index is 0.0407. The molecule has 0 atom stereocenters. The van der Waals surface area contributed by atoms with Crippen molar-refractivity contribution < 1.29 is 4.79 Å². The fourth-order valence-electron chi connectivity index (χ4n) is 1.54. The van der Waals surface area contributed by atoms with Crippen LogP contribution >= 0.6 is 0 Å². The molecule has 1 aromatic carbocycles. The predicted molar refractivity (Wildman–Crippen MR) is 60.1 cm³/mol. The van der Waals surface area contributed by atoms with E-state index < -0.39 is 0 Å². The van der Waals surface area contributed by atoms with Gasteiger partial charge in [-0.05, 0) is 18.1 Å². The minimum Gasteiger partial charge on any atom is -0.326 e. The van der Waals surface area contributed by atoms with Crippen molar-refractivity contribution in [3.8, 4) is 0 Å². The highest BCUT2D eigenvalue weighted by Crippen LogP contribution is 2.06. The van der Waals surface area contributed by atoms with Gasteiger partial charge in [0.1, 0.15) is 0 Å². The molecule has 0 heterocycles. The second kappa shape index (κ2) is 4.60. The number of hydrogen-bond acceptors (Lipinski definition) is 1. The highest BCUT2D eigenvalue weighted by Gasteiger charge is 2.05. The van der Waals surface area contributed by atoms with E-state index in [1.807, 2.05) is 48.6 Å². The number of carbonyl (C=O) groups is 1. The molecule has 0 aromatic heterocycles. The molecule has 1 N–H and O–H groups in total. The van der Waals surface area contributed by atoms with E-state index in [0.717, 1.165) is 17.7 Å². The molecular weight excluding hydrogens is 186 g/mol. The van der Waals surface area contributed by atoms with Crippen LogP contribution in [0.15, 0.2) is 54.3 Å². The first-order chi connectivity index (χ1) is 7.34. The van der Waals surface area contributed by atoms with Gasteiger partial charge in [0.05, 0.1) is 6.42 Å². The molecule has 2 heteroatoms. The van der Waals surface area contributed by atoms with Crippen molar-refractivity contribution in [1.29, 1.82) is 0 Å². The van der Waals surface area contributed by atoms with Gasteiger partial charge in [-0.3, -0.25) is 4.79 Å². The minimum atomic E-state index is 0.0407. The Morgan fingerprint density at radius 2 is 2.07 bits per heavy atom. The lowest BCUT2D eigenvalue weighted by Gasteiger charge is -2.03. The van der Waals surface area contributed by atoms with Gasteiger partial charge in [0.25, 0.3) is 0 Å². The van der Waals surface area contributed by atoms with Gasteiger partial charge in [0.2, 0.25) is 5.91 Å². The number of hydrogen-bond donors (Lipinski definition) is 1. The molecule has 15 heavy (non-hydrogen) atoms. The van der Waals surface area contributed by atoms with E-state index in [1.165, 1.54) is 0 Å². The number of allylic oxidation sites excluding steroid dienone is 3. The number of benzene rings is 1. The summed E-state index contributed by atoms with van der Waals surface area (Å²) in [6.07, 6.45) is 7.32. The van der Waals surface area contributed by atoms with Crippen molar-refractivity contribution in [3.63, 3.8) is 0 Å². The van der Waals surface area contributed by atoms with Crippen LogP contribution in [-0.2, 0) is 11.2 Å². The monoisotopic (exact) mass is 199 g/mol. The molecule has 1 aromatic rings. The van der Waals surface area contributed by atoms with E-state index in [2.05, 4.69) is 5.32 Å². The molecule has 0 bridgehead atoms. The Balaban J connectivity index is 1.90. The van der Waals surface area contributed by atoms with Gasteiger partial charge in [-0.15, -0.1) is 0 Å². The van der Waals surface area contributed by atoms with Crippen molar-refractivity contribution >= 4 is 5.91 Å². The van der Waals surface area contributed by atoms with Crippen LogP contribution in [0, 0.1) is 0 Å². The number of amides is 1. The number of carbonyl (C=O) groups excluding carboxylic acids is 1. The third-order valence-corrected chi connectivity index (χ3v) is 2.26.